The summed E-state index contributed by atoms with van der Waals surface area (Å²) in [6, 6.07) is 12.8. The van der Waals surface area contributed by atoms with Gasteiger partial charge in [0, 0.05) is 25.2 Å². The van der Waals surface area contributed by atoms with Crippen LogP contribution >= 0.6 is 0 Å². The van der Waals surface area contributed by atoms with Gasteiger partial charge in [-0.2, -0.15) is 0 Å². The molecule has 2 aromatic rings. The van der Waals surface area contributed by atoms with Crippen LogP contribution in [0.25, 0.3) is 0 Å². The van der Waals surface area contributed by atoms with Gasteiger partial charge in [-0.1, -0.05) is 50.2 Å². The van der Waals surface area contributed by atoms with E-state index in [1.165, 1.54) is 0 Å². The molecule has 2 amide bonds. The molecule has 0 aliphatic carbocycles. The van der Waals surface area contributed by atoms with E-state index in [0.29, 0.717) is 31.6 Å². The summed E-state index contributed by atoms with van der Waals surface area (Å²) in [7, 11) is 0. The molecule has 3 atom stereocenters. The number of nitrogens with two attached hydrogens (primary N) is 1. The molecule has 2 heterocycles. The first-order valence-corrected chi connectivity index (χ1v) is 13.0. The second-order valence-electron chi connectivity index (χ2n) is 9.69. The predicted octanol–water partition coefficient (Wildman–Crippen LogP) is 3.38. The fourth-order valence-corrected chi connectivity index (χ4v) is 4.83. The lowest BCUT2D eigenvalue weighted by Gasteiger charge is -2.46. The van der Waals surface area contributed by atoms with Crippen molar-refractivity contribution in [2.45, 2.75) is 83.8 Å². The third kappa shape index (κ3) is 6.85. The molecule has 9 nitrogen and oxygen atoms in total. The van der Waals surface area contributed by atoms with Crippen molar-refractivity contribution < 1.29 is 19.2 Å². The smallest absolute Gasteiger partial charge is 0.325 e. The van der Waals surface area contributed by atoms with E-state index >= 15 is 0 Å². The number of anilines is 1. The van der Waals surface area contributed by atoms with E-state index in [1.54, 1.807) is 18.1 Å². The molecule has 1 aromatic heterocycles. The van der Waals surface area contributed by atoms with Gasteiger partial charge < -0.3 is 21.2 Å². The van der Waals surface area contributed by atoms with Crippen LogP contribution in [-0.2, 0) is 25.8 Å². The molecular formula is C28H39N5O4. The number of carbonyl (C=O) groups is 3. The molecule has 1 fully saturated rings. The normalized spacial score (nSPS) is 20.6. The molecule has 200 valence electrons. The van der Waals surface area contributed by atoms with E-state index in [2.05, 4.69) is 27.8 Å². The summed E-state index contributed by atoms with van der Waals surface area (Å²) >= 11 is 0. The summed E-state index contributed by atoms with van der Waals surface area (Å²) in [6.45, 7) is 8.00. The van der Waals surface area contributed by atoms with Gasteiger partial charge in [0.2, 0.25) is 11.8 Å². The average molecular weight is 510 g/mol. The van der Waals surface area contributed by atoms with Crippen LogP contribution in [-0.4, -0.2) is 46.0 Å². The van der Waals surface area contributed by atoms with E-state index in [9.17, 15) is 14.4 Å². The van der Waals surface area contributed by atoms with E-state index in [-0.39, 0.29) is 36.7 Å². The second kappa shape index (κ2) is 12.7. The topological polar surface area (TPSA) is 127 Å². The fraction of sp³-hybridized carbons (Fsp3) is 0.500. The maximum absolute atomic E-state index is 13.8. The molecule has 1 aliphatic heterocycles. The van der Waals surface area contributed by atoms with Crippen LogP contribution in [0.4, 0.5) is 5.82 Å². The minimum atomic E-state index is -1.09. The number of carbonyl (C=O) groups excluding carboxylic acids is 3. The number of nitrogen functional groups attached to an aromatic ring is 1. The highest BCUT2D eigenvalue weighted by atomic mass is 16.7. The lowest BCUT2D eigenvalue weighted by molar-refractivity contribution is -0.232. The van der Waals surface area contributed by atoms with Gasteiger partial charge >= 0.3 is 5.97 Å². The maximum Gasteiger partial charge on any atom is 0.325 e. The first-order chi connectivity index (χ1) is 17.7. The Hall–Kier alpha value is -3.46. The molecule has 0 spiro atoms. The Labute approximate surface area is 219 Å². The minimum Gasteiger partial charge on any atom is -0.384 e. The SMILES string of the molecule is CCCC(=O)ON1CC[C@H](c2ccccc2)C[C@]1(CC)C(=O)N[C@@H](C)C(=O)NCc1ccc(N)nc1C. The molecule has 0 saturated carbocycles. The van der Waals surface area contributed by atoms with Crippen LogP contribution in [0.1, 0.15) is 75.6 Å². The van der Waals surface area contributed by atoms with Crippen molar-refractivity contribution in [3.8, 4) is 0 Å². The summed E-state index contributed by atoms with van der Waals surface area (Å²) in [5.74, 6) is -0.458. The molecular weight excluding hydrogens is 470 g/mol. The quantitative estimate of drug-likeness (QED) is 0.448. The fourth-order valence-electron chi connectivity index (χ4n) is 4.83. The number of aryl methyl sites for hydroxylation is 1. The number of rotatable bonds is 10. The first-order valence-electron chi connectivity index (χ1n) is 13.0. The van der Waals surface area contributed by atoms with Crippen molar-refractivity contribution in [3.05, 3.63) is 59.3 Å². The number of aromatic nitrogens is 1. The summed E-state index contributed by atoms with van der Waals surface area (Å²) in [5, 5.41) is 7.30. The Morgan fingerprint density at radius 3 is 2.57 bits per heavy atom. The van der Waals surface area contributed by atoms with Crippen LogP contribution in [0, 0.1) is 6.92 Å². The number of pyridine rings is 1. The zero-order chi connectivity index (χ0) is 27.0. The minimum absolute atomic E-state index is 0.123. The van der Waals surface area contributed by atoms with Gasteiger partial charge in [-0.3, -0.25) is 14.4 Å². The number of hydrogen-bond donors (Lipinski definition) is 3. The summed E-state index contributed by atoms with van der Waals surface area (Å²) in [5.41, 5.74) is 7.34. The molecule has 1 aromatic carbocycles. The van der Waals surface area contributed by atoms with Crippen molar-refractivity contribution in [1.29, 1.82) is 0 Å². The number of hydroxylamine groups is 2. The van der Waals surface area contributed by atoms with Crippen molar-refractivity contribution in [2.24, 2.45) is 0 Å². The van der Waals surface area contributed by atoms with E-state index < -0.39 is 11.6 Å². The Balaban J connectivity index is 1.75. The van der Waals surface area contributed by atoms with Crippen LogP contribution in [0.3, 0.4) is 0 Å². The monoisotopic (exact) mass is 509 g/mol. The second-order valence-corrected chi connectivity index (χ2v) is 9.69. The number of hydrogen-bond acceptors (Lipinski definition) is 7. The van der Waals surface area contributed by atoms with Gasteiger partial charge in [0.1, 0.15) is 17.4 Å². The van der Waals surface area contributed by atoms with Gasteiger partial charge in [0.25, 0.3) is 0 Å². The van der Waals surface area contributed by atoms with Gasteiger partial charge in [-0.05, 0) is 62.6 Å². The standard InChI is InChI=1S/C28H39N5O4/c1-5-10-25(34)37-33-16-15-22(21-11-8-7-9-12-21)17-28(33,6-2)27(36)32-20(4)26(35)30-18-23-13-14-24(29)31-19(23)3/h7-9,11-14,20,22H,5-6,10,15-18H2,1-4H3,(H2,29,31)(H,30,35)(H,32,36)/t20-,22-,28+/m0/s1. The zero-order valence-corrected chi connectivity index (χ0v) is 22.3. The highest BCUT2D eigenvalue weighted by molar-refractivity contribution is 5.92. The summed E-state index contributed by atoms with van der Waals surface area (Å²) < 4.78 is 0. The van der Waals surface area contributed by atoms with Crippen molar-refractivity contribution >= 4 is 23.6 Å². The van der Waals surface area contributed by atoms with Crippen LogP contribution < -0.4 is 16.4 Å². The number of benzene rings is 1. The molecule has 9 heteroatoms. The maximum atomic E-state index is 13.8. The molecule has 4 N–H and O–H groups in total. The molecule has 0 radical (unpaired) electrons. The van der Waals surface area contributed by atoms with Crippen LogP contribution in [0.15, 0.2) is 42.5 Å². The summed E-state index contributed by atoms with van der Waals surface area (Å²) in [6.07, 6.45) is 2.59. The Morgan fingerprint density at radius 1 is 1.19 bits per heavy atom. The summed E-state index contributed by atoms with van der Waals surface area (Å²) in [4.78, 5) is 49.0. The highest BCUT2D eigenvalue weighted by Crippen LogP contribution is 2.40. The van der Waals surface area contributed by atoms with E-state index in [0.717, 1.165) is 23.2 Å². The van der Waals surface area contributed by atoms with Crippen LogP contribution in [0.5, 0.6) is 0 Å². The van der Waals surface area contributed by atoms with E-state index in [1.807, 2.05) is 45.0 Å². The third-order valence-electron chi connectivity index (χ3n) is 7.10. The molecule has 1 aliphatic rings. The Bertz CT molecular complexity index is 1090. The largest absolute Gasteiger partial charge is 0.384 e. The number of piperidine rings is 1. The predicted molar refractivity (Wildman–Crippen MR) is 142 cm³/mol. The first kappa shape index (κ1) is 28.1. The van der Waals surface area contributed by atoms with Crippen molar-refractivity contribution in [2.75, 3.05) is 12.3 Å². The van der Waals surface area contributed by atoms with E-state index in [4.69, 9.17) is 10.6 Å². The van der Waals surface area contributed by atoms with Crippen molar-refractivity contribution in [1.82, 2.24) is 20.7 Å². The van der Waals surface area contributed by atoms with Gasteiger partial charge in [0.15, 0.2) is 0 Å². The molecule has 3 rings (SSSR count). The third-order valence-corrected chi connectivity index (χ3v) is 7.10. The average Bonchev–Trinajstić information content (AvgIpc) is 2.88. The molecule has 0 unspecified atom stereocenters. The Kier molecular flexibility index (Phi) is 9.63. The van der Waals surface area contributed by atoms with Gasteiger partial charge in [-0.25, -0.2) is 4.98 Å². The lowest BCUT2D eigenvalue weighted by Crippen LogP contribution is -2.64. The number of nitrogens with zero attached hydrogens (tertiary/aromatic N) is 2. The Morgan fingerprint density at radius 2 is 1.92 bits per heavy atom. The molecule has 0 bridgehead atoms. The zero-order valence-electron chi connectivity index (χ0n) is 22.3. The van der Waals surface area contributed by atoms with Gasteiger partial charge in [-0.15, -0.1) is 5.06 Å². The van der Waals surface area contributed by atoms with Crippen LogP contribution in [0.2, 0.25) is 0 Å². The molecule has 37 heavy (non-hydrogen) atoms. The lowest BCUT2D eigenvalue weighted by atomic mass is 9.76. The molecule has 1 saturated heterocycles. The number of amides is 2. The highest BCUT2D eigenvalue weighted by Gasteiger charge is 2.50. The van der Waals surface area contributed by atoms with Crippen molar-refractivity contribution in [3.63, 3.8) is 0 Å². The number of nitrogens with one attached hydrogen (secondary N) is 2. The van der Waals surface area contributed by atoms with Gasteiger partial charge in [0.05, 0.1) is 0 Å².